The van der Waals surface area contributed by atoms with Gasteiger partial charge in [0.05, 0.1) is 0 Å². The maximum Gasteiger partial charge on any atom is 0.0491 e. The van der Waals surface area contributed by atoms with Crippen LogP contribution in [0, 0.1) is 5.92 Å². The zero-order valence-electron chi connectivity index (χ0n) is 4.85. The highest BCUT2D eigenvalue weighted by Gasteiger charge is 2.14. The molecular formula is C5H8ClINP. The molecule has 52 valence electrons. The first-order valence-corrected chi connectivity index (χ1v) is 5.62. The van der Waals surface area contributed by atoms with Crippen LogP contribution in [-0.4, -0.2) is 15.8 Å². The highest BCUT2D eigenvalue weighted by atomic mass is 127. The highest BCUT2D eigenvalue weighted by Crippen LogP contribution is 2.35. The van der Waals surface area contributed by atoms with Crippen LogP contribution in [0.3, 0.4) is 0 Å². The van der Waals surface area contributed by atoms with E-state index in [9.17, 15) is 0 Å². The topological polar surface area (TPSA) is 12.4 Å². The van der Waals surface area contributed by atoms with Crippen LogP contribution in [-0.2, 0) is 0 Å². The molecule has 3 unspecified atom stereocenters. The molecular weight excluding hydrogens is 267 g/mol. The van der Waals surface area contributed by atoms with Crippen molar-refractivity contribution in [2.24, 2.45) is 10.7 Å². The molecule has 1 heterocycles. The number of hydrogen-bond acceptors (Lipinski definition) is 1. The van der Waals surface area contributed by atoms with E-state index in [-0.39, 0.29) is 0 Å². The first kappa shape index (κ1) is 8.22. The molecule has 3 atom stereocenters. The molecule has 4 heteroatoms. The largest absolute Gasteiger partial charge is 0.276 e. The normalized spacial score (nSPS) is 37.6. The second-order valence-corrected chi connectivity index (χ2v) is 6.23. The van der Waals surface area contributed by atoms with Gasteiger partial charge in [-0.1, -0.05) is 22.6 Å². The van der Waals surface area contributed by atoms with Gasteiger partial charge in [-0.05, 0) is 6.42 Å². The Morgan fingerprint density at radius 2 is 2.67 bits per heavy atom. The van der Waals surface area contributed by atoms with E-state index in [0.29, 0.717) is 5.92 Å². The number of rotatable bonds is 1. The van der Waals surface area contributed by atoms with E-state index in [4.69, 9.17) is 11.6 Å². The van der Waals surface area contributed by atoms with Gasteiger partial charge in [-0.2, -0.15) is 0 Å². The Morgan fingerprint density at radius 1 is 1.89 bits per heavy atom. The van der Waals surface area contributed by atoms with Gasteiger partial charge in [-0.15, -0.1) is 11.6 Å². The van der Waals surface area contributed by atoms with Crippen molar-refractivity contribution in [1.82, 2.24) is 0 Å². The Morgan fingerprint density at radius 3 is 3.11 bits per heavy atom. The molecule has 0 fully saturated rings. The van der Waals surface area contributed by atoms with Gasteiger partial charge in [0.25, 0.3) is 0 Å². The van der Waals surface area contributed by atoms with Crippen molar-refractivity contribution in [2.75, 3.05) is 5.88 Å². The molecule has 9 heavy (non-hydrogen) atoms. The van der Waals surface area contributed by atoms with Crippen LogP contribution < -0.4 is 0 Å². The molecule has 0 saturated carbocycles. The van der Waals surface area contributed by atoms with Crippen molar-refractivity contribution in [3.63, 3.8) is 0 Å². The molecule has 1 nitrogen and oxygen atoms in total. The number of hydrogen-bond donors (Lipinski definition) is 0. The van der Waals surface area contributed by atoms with Crippen LogP contribution >= 0.6 is 42.9 Å². The fourth-order valence-corrected chi connectivity index (χ4v) is 2.92. The van der Waals surface area contributed by atoms with Crippen molar-refractivity contribution in [3.8, 4) is 0 Å². The molecule has 0 bridgehead atoms. The van der Waals surface area contributed by atoms with E-state index in [1.165, 1.54) is 6.42 Å². The van der Waals surface area contributed by atoms with Crippen LogP contribution in [0.1, 0.15) is 6.42 Å². The van der Waals surface area contributed by atoms with Crippen molar-refractivity contribution in [1.29, 1.82) is 0 Å². The molecule has 0 aromatic heterocycles. The zero-order valence-corrected chi connectivity index (χ0v) is 8.76. The summed E-state index contributed by atoms with van der Waals surface area (Å²) in [5, 5.41) is 0. The average Bonchev–Trinajstić information content (AvgIpc) is 1.88. The summed E-state index contributed by atoms with van der Waals surface area (Å²) in [6, 6.07) is 0. The van der Waals surface area contributed by atoms with Gasteiger partial charge in [-0.25, -0.2) is 0 Å². The zero-order chi connectivity index (χ0) is 6.69. The number of halogens is 2. The Kier molecular flexibility index (Phi) is 3.74. The van der Waals surface area contributed by atoms with Crippen LogP contribution in [0.25, 0.3) is 0 Å². The summed E-state index contributed by atoms with van der Waals surface area (Å²) in [6.45, 7) is 0. The molecule has 0 aromatic rings. The number of nitrogens with zero attached hydrogens (tertiary/aromatic N) is 1. The van der Waals surface area contributed by atoms with Crippen LogP contribution in [0.2, 0.25) is 0 Å². The van der Waals surface area contributed by atoms with Crippen LogP contribution in [0.15, 0.2) is 4.76 Å². The third-order valence-electron chi connectivity index (χ3n) is 1.21. The summed E-state index contributed by atoms with van der Waals surface area (Å²) >= 11 is 8.09. The smallest absolute Gasteiger partial charge is 0.0491 e. The lowest BCUT2D eigenvalue weighted by Gasteiger charge is -2.16. The molecule has 1 aliphatic heterocycles. The molecule has 0 radical (unpaired) electrons. The monoisotopic (exact) mass is 275 g/mol. The minimum absolute atomic E-state index is 0.537. The van der Waals surface area contributed by atoms with E-state index in [2.05, 4.69) is 27.4 Å². The SMILES string of the molecule is ClCC1C=NPC(I)C1. The Hall–Kier alpha value is 1.12. The van der Waals surface area contributed by atoms with E-state index in [1.807, 2.05) is 6.21 Å². The van der Waals surface area contributed by atoms with Crippen molar-refractivity contribution < 1.29 is 0 Å². The minimum atomic E-state index is 0.537. The predicted molar refractivity (Wildman–Crippen MR) is 53.4 cm³/mol. The molecule has 1 aliphatic rings. The Bertz CT molecular complexity index is 120. The summed E-state index contributed by atoms with van der Waals surface area (Å²) in [6.07, 6.45) is 3.21. The van der Waals surface area contributed by atoms with Gasteiger partial charge in [0, 0.05) is 30.4 Å². The van der Waals surface area contributed by atoms with E-state index in [0.717, 1.165) is 18.3 Å². The quantitative estimate of drug-likeness (QED) is 0.396. The molecule has 0 saturated heterocycles. The molecule has 0 aromatic carbocycles. The van der Waals surface area contributed by atoms with Gasteiger partial charge in [0.2, 0.25) is 0 Å². The Balaban J connectivity index is 2.39. The lowest BCUT2D eigenvalue weighted by atomic mass is 10.1. The molecule has 0 spiro atoms. The molecule has 1 rings (SSSR count). The van der Waals surface area contributed by atoms with Crippen molar-refractivity contribution in [3.05, 3.63) is 0 Å². The second kappa shape index (κ2) is 4.09. The van der Waals surface area contributed by atoms with Crippen molar-refractivity contribution >= 4 is 49.1 Å². The third-order valence-corrected chi connectivity index (χ3v) is 3.76. The number of alkyl halides is 2. The minimum Gasteiger partial charge on any atom is -0.276 e. The van der Waals surface area contributed by atoms with Crippen LogP contribution in [0.4, 0.5) is 0 Å². The van der Waals surface area contributed by atoms with E-state index in [1.54, 1.807) is 0 Å². The maximum absolute atomic E-state index is 5.65. The van der Waals surface area contributed by atoms with Crippen LogP contribution in [0.5, 0.6) is 0 Å². The highest BCUT2D eigenvalue weighted by molar-refractivity contribution is 14.1. The van der Waals surface area contributed by atoms with Gasteiger partial charge < -0.3 is 0 Å². The summed E-state index contributed by atoms with van der Waals surface area (Å²) in [5.74, 6) is 1.27. The lowest BCUT2D eigenvalue weighted by Crippen LogP contribution is -2.11. The fraction of sp³-hybridized carbons (Fsp3) is 0.800. The average molecular weight is 275 g/mol. The third kappa shape index (κ3) is 2.69. The fourth-order valence-electron chi connectivity index (χ4n) is 0.712. The first-order chi connectivity index (χ1) is 4.33. The summed E-state index contributed by atoms with van der Waals surface area (Å²) in [4.78, 5) is 0. The lowest BCUT2D eigenvalue weighted by molar-refractivity contribution is 0.752. The van der Waals surface area contributed by atoms with Crippen molar-refractivity contribution in [2.45, 2.75) is 10.1 Å². The van der Waals surface area contributed by atoms with Gasteiger partial charge >= 0.3 is 0 Å². The van der Waals surface area contributed by atoms with E-state index < -0.39 is 0 Å². The van der Waals surface area contributed by atoms with E-state index >= 15 is 0 Å². The molecule has 0 aliphatic carbocycles. The summed E-state index contributed by atoms with van der Waals surface area (Å²) in [5.41, 5.74) is 0. The standard InChI is InChI=1S/C5H8ClINP/c6-2-4-1-5(7)9-8-3-4/h3-5,9H,1-2H2. The van der Waals surface area contributed by atoms with Gasteiger partial charge in [0.1, 0.15) is 0 Å². The maximum atomic E-state index is 5.65. The predicted octanol–water partition coefficient (Wildman–Crippen LogP) is 2.67. The molecule has 0 N–H and O–H groups in total. The second-order valence-electron chi connectivity index (χ2n) is 2.02. The Labute approximate surface area is 75.6 Å². The molecule has 0 amide bonds. The summed E-state index contributed by atoms with van der Waals surface area (Å²) < 4.78 is 4.95. The first-order valence-electron chi connectivity index (χ1n) is 2.81. The van der Waals surface area contributed by atoms with Gasteiger partial charge in [-0.3, -0.25) is 4.76 Å². The summed E-state index contributed by atoms with van der Waals surface area (Å²) in [7, 11) is 0.762. The van der Waals surface area contributed by atoms with Gasteiger partial charge in [0.15, 0.2) is 0 Å².